The first-order valence-corrected chi connectivity index (χ1v) is 8.76. The van der Waals surface area contributed by atoms with E-state index in [2.05, 4.69) is 19.7 Å². The second-order valence-electron chi connectivity index (χ2n) is 6.33. The third-order valence-corrected chi connectivity index (χ3v) is 4.61. The molecule has 7 heteroatoms. The first-order valence-electron chi connectivity index (χ1n) is 8.76. The van der Waals surface area contributed by atoms with Crippen LogP contribution in [0.4, 0.5) is 0 Å². The van der Waals surface area contributed by atoms with Crippen molar-refractivity contribution >= 4 is 5.91 Å². The Balaban J connectivity index is 1.48. The predicted octanol–water partition coefficient (Wildman–Crippen LogP) is 2.32. The molecule has 3 heterocycles. The van der Waals surface area contributed by atoms with Gasteiger partial charge in [-0.3, -0.25) is 4.79 Å². The summed E-state index contributed by atoms with van der Waals surface area (Å²) in [4.78, 5) is 23.0. The summed E-state index contributed by atoms with van der Waals surface area (Å²) in [5.41, 5.74) is 0. The van der Waals surface area contributed by atoms with Gasteiger partial charge in [-0.15, -0.1) is 0 Å². The Hall–Kier alpha value is -2.18. The number of carbonyl (C=O) groups excluding carboxylic acids is 1. The molecule has 0 aliphatic carbocycles. The average Bonchev–Trinajstić information content (AvgIpc) is 3.23. The molecule has 1 atom stereocenters. The van der Waals surface area contributed by atoms with Crippen molar-refractivity contribution in [3.8, 4) is 0 Å². The second-order valence-corrected chi connectivity index (χ2v) is 6.33. The number of carbonyl (C=O) groups is 1. The van der Waals surface area contributed by atoms with Gasteiger partial charge in [-0.25, -0.2) is 4.98 Å². The van der Waals surface area contributed by atoms with Crippen molar-refractivity contribution in [3.05, 3.63) is 29.9 Å². The lowest BCUT2D eigenvalue weighted by atomic mass is 10.0. The fourth-order valence-electron chi connectivity index (χ4n) is 3.27. The normalized spacial score (nSPS) is 18.1. The third-order valence-electron chi connectivity index (χ3n) is 4.61. The summed E-state index contributed by atoms with van der Waals surface area (Å²) >= 11 is 0. The molecule has 1 aliphatic heterocycles. The summed E-state index contributed by atoms with van der Waals surface area (Å²) in [5, 5.41) is 3.88. The zero-order valence-electron chi connectivity index (χ0n) is 14.4. The van der Waals surface area contributed by atoms with Crippen molar-refractivity contribution < 1.29 is 9.32 Å². The molecule has 2 aromatic rings. The lowest BCUT2D eigenvalue weighted by Gasteiger charge is -2.34. The molecule has 0 aromatic carbocycles. The molecule has 0 saturated carbocycles. The Morgan fingerprint density at radius 3 is 3.04 bits per heavy atom. The molecule has 0 spiro atoms. The molecular weight excluding hydrogens is 306 g/mol. The van der Waals surface area contributed by atoms with Crippen molar-refractivity contribution in [1.82, 2.24) is 24.6 Å². The number of hydrogen-bond acceptors (Lipinski definition) is 5. The number of amides is 1. The number of aromatic nitrogens is 4. The lowest BCUT2D eigenvalue weighted by molar-refractivity contribution is -0.132. The Morgan fingerprint density at radius 2 is 2.33 bits per heavy atom. The van der Waals surface area contributed by atoms with Gasteiger partial charge in [0.05, 0.1) is 6.04 Å². The van der Waals surface area contributed by atoms with Crippen molar-refractivity contribution in [3.63, 3.8) is 0 Å². The number of rotatable bonds is 6. The summed E-state index contributed by atoms with van der Waals surface area (Å²) in [6.45, 7) is 5.63. The van der Waals surface area contributed by atoms with E-state index >= 15 is 0 Å². The van der Waals surface area contributed by atoms with Gasteiger partial charge in [0.1, 0.15) is 5.82 Å². The predicted molar refractivity (Wildman–Crippen MR) is 88.4 cm³/mol. The fourth-order valence-corrected chi connectivity index (χ4v) is 3.27. The summed E-state index contributed by atoms with van der Waals surface area (Å²) in [5.74, 6) is 2.58. The SMILES string of the molecule is CCc1noc(CCCC(=O)N2CCCC(n3ccnc3C)C2)n1. The van der Waals surface area contributed by atoms with Crippen LogP contribution in [0.2, 0.25) is 0 Å². The largest absolute Gasteiger partial charge is 0.341 e. The molecule has 1 aliphatic rings. The Kier molecular flexibility index (Phi) is 5.27. The topological polar surface area (TPSA) is 77.0 Å². The van der Waals surface area contributed by atoms with Crippen LogP contribution in [0.15, 0.2) is 16.9 Å². The molecule has 7 nitrogen and oxygen atoms in total. The average molecular weight is 331 g/mol. The second kappa shape index (κ2) is 7.59. The Morgan fingerprint density at radius 1 is 1.46 bits per heavy atom. The molecular formula is C17H25N5O2. The van der Waals surface area contributed by atoms with E-state index in [1.165, 1.54) is 0 Å². The maximum absolute atomic E-state index is 12.5. The van der Waals surface area contributed by atoms with E-state index in [9.17, 15) is 4.79 Å². The van der Waals surface area contributed by atoms with Crippen LogP contribution in [0, 0.1) is 6.92 Å². The van der Waals surface area contributed by atoms with E-state index in [0.717, 1.165) is 50.4 Å². The van der Waals surface area contributed by atoms with E-state index in [1.807, 2.05) is 31.1 Å². The Labute approximate surface area is 142 Å². The first kappa shape index (κ1) is 16.7. The van der Waals surface area contributed by atoms with Gasteiger partial charge >= 0.3 is 0 Å². The number of likely N-dealkylation sites (tertiary alicyclic amines) is 1. The van der Waals surface area contributed by atoms with Gasteiger partial charge in [-0.05, 0) is 26.2 Å². The van der Waals surface area contributed by atoms with Crippen molar-refractivity contribution in [2.45, 2.75) is 58.4 Å². The molecule has 0 N–H and O–H groups in total. The highest BCUT2D eigenvalue weighted by atomic mass is 16.5. The summed E-state index contributed by atoms with van der Waals surface area (Å²) in [6.07, 6.45) is 8.68. The molecule has 0 radical (unpaired) electrons. The number of nitrogens with zero attached hydrogens (tertiary/aromatic N) is 5. The van der Waals surface area contributed by atoms with Gasteiger partial charge in [0.15, 0.2) is 5.82 Å². The van der Waals surface area contributed by atoms with Crippen LogP contribution in [0.5, 0.6) is 0 Å². The van der Waals surface area contributed by atoms with E-state index in [0.29, 0.717) is 24.8 Å². The first-order chi connectivity index (χ1) is 11.7. The van der Waals surface area contributed by atoms with Crippen LogP contribution in [0.1, 0.15) is 56.2 Å². The monoisotopic (exact) mass is 331 g/mol. The van der Waals surface area contributed by atoms with E-state index < -0.39 is 0 Å². The standard InChI is InChI=1S/C17H25N5O2/c1-3-15-19-16(24-20-15)7-4-8-17(23)21-10-5-6-14(12-21)22-11-9-18-13(22)2/h9,11,14H,3-8,10,12H2,1-2H3. The minimum atomic E-state index is 0.215. The molecule has 0 bridgehead atoms. The van der Waals surface area contributed by atoms with Crippen LogP contribution in [-0.4, -0.2) is 43.6 Å². The number of aryl methyl sites for hydroxylation is 3. The van der Waals surface area contributed by atoms with Crippen LogP contribution < -0.4 is 0 Å². The van der Waals surface area contributed by atoms with E-state index in [4.69, 9.17) is 4.52 Å². The fraction of sp³-hybridized carbons (Fsp3) is 0.647. The van der Waals surface area contributed by atoms with Gasteiger partial charge in [-0.2, -0.15) is 4.98 Å². The van der Waals surface area contributed by atoms with E-state index in [1.54, 1.807) is 0 Å². The molecule has 1 unspecified atom stereocenters. The zero-order chi connectivity index (χ0) is 16.9. The highest BCUT2D eigenvalue weighted by Gasteiger charge is 2.25. The molecule has 1 amide bonds. The molecule has 130 valence electrons. The van der Waals surface area contributed by atoms with Gasteiger partial charge in [-0.1, -0.05) is 12.1 Å². The minimum Gasteiger partial charge on any atom is -0.341 e. The highest BCUT2D eigenvalue weighted by molar-refractivity contribution is 5.76. The zero-order valence-corrected chi connectivity index (χ0v) is 14.4. The van der Waals surface area contributed by atoms with E-state index in [-0.39, 0.29) is 5.91 Å². The molecule has 2 aromatic heterocycles. The van der Waals surface area contributed by atoms with Crippen LogP contribution in [-0.2, 0) is 17.6 Å². The van der Waals surface area contributed by atoms with Gasteiger partial charge in [0, 0.05) is 44.7 Å². The van der Waals surface area contributed by atoms with Crippen molar-refractivity contribution in [2.75, 3.05) is 13.1 Å². The summed E-state index contributed by atoms with van der Waals surface area (Å²) < 4.78 is 7.35. The quantitative estimate of drug-likeness (QED) is 0.812. The maximum Gasteiger partial charge on any atom is 0.226 e. The number of piperidine rings is 1. The third kappa shape index (κ3) is 3.83. The maximum atomic E-state index is 12.5. The van der Waals surface area contributed by atoms with Gasteiger partial charge < -0.3 is 14.0 Å². The van der Waals surface area contributed by atoms with Crippen molar-refractivity contribution in [1.29, 1.82) is 0 Å². The molecule has 24 heavy (non-hydrogen) atoms. The highest BCUT2D eigenvalue weighted by Crippen LogP contribution is 2.23. The van der Waals surface area contributed by atoms with Crippen LogP contribution in [0.3, 0.4) is 0 Å². The molecule has 3 rings (SSSR count). The molecule has 1 saturated heterocycles. The Bertz CT molecular complexity index is 678. The van der Waals surface area contributed by atoms with Crippen molar-refractivity contribution in [2.24, 2.45) is 0 Å². The van der Waals surface area contributed by atoms with Crippen LogP contribution >= 0.6 is 0 Å². The van der Waals surface area contributed by atoms with Gasteiger partial charge in [0.25, 0.3) is 0 Å². The molecule has 1 fully saturated rings. The number of imidazole rings is 1. The summed E-state index contributed by atoms with van der Waals surface area (Å²) in [6, 6.07) is 0.341. The minimum absolute atomic E-state index is 0.215. The summed E-state index contributed by atoms with van der Waals surface area (Å²) in [7, 11) is 0. The van der Waals surface area contributed by atoms with Gasteiger partial charge in [0.2, 0.25) is 11.8 Å². The van der Waals surface area contributed by atoms with Crippen LogP contribution in [0.25, 0.3) is 0 Å². The number of hydrogen-bond donors (Lipinski definition) is 0. The smallest absolute Gasteiger partial charge is 0.226 e. The lowest BCUT2D eigenvalue weighted by Crippen LogP contribution is -2.40.